The minimum absolute atomic E-state index is 0.720. The van der Waals surface area contributed by atoms with Crippen molar-refractivity contribution < 1.29 is 0 Å². The maximum Gasteiger partial charge on any atom is 0.0375 e. The van der Waals surface area contributed by atoms with Crippen molar-refractivity contribution in [3.8, 4) is 0 Å². The van der Waals surface area contributed by atoms with Gasteiger partial charge in [0.1, 0.15) is 0 Å². The zero-order valence-electron chi connectivity index (χ0n) is 9.55. The van der Waals surface area contributed by atoms with E-state index in [0.29, 0.717) is 0 Å². The molecule has 0 spiro atoms. The van der Waals surface area contributed by atoms with Crippen LogP contribution in [-0.2, 0) is 12.2 Å². The van der Waals surface area contributed by atoms with E-state index in [-0.39, 0.29) is 0 Å². The third-order valence-corrected chi connectivity index (χ3v) is 3.91. The number of nitrogens with one attached hydrogen (secondary N) is 1. The Bertz CT molecular complexity index is 333. The molecule has 2 heteroatoms. The second-order valence-corrected chi connectivity index (χ2v) is 5.90. The first kappa shape index (κ1) is 10.9. The van der Waals surface area contributed by atoms with Crippen LogP contribution in [0.2, 0.25) is 0 Å². The summed E-state index contributed by atoms with van der Waals surface area (Å²) in [7, 11) is 0. The standard InChI is InChI=1S/C13H19NS/c1-10(2)15-9-11-5-3-7-13-12(11)6-4-8-14-13/h3,5,7,10,14H,4,6,8-9H2,1-2H3. The van der Waals surface area contributed by atoms with Gasteiger partial charge in [-0.25, -0.2) is 0 Å². The SMILES string of the molecule is CC(C)SCc1cccc2c1CCCN2. The highest BCUT2D eigenvalue weighted by Crippen LogP contribution is 2.28. The Balaban J connectivity index is 2.16. The molecule has 1 nitrogen and oxygen atoms in total. The van der Waals surface area contributed by atoms with Crippen molar-refractivity contribution in [3.63, 3.8) is 0 Å². The molecule has 1 aliphatic rings. The summed E-state index contributed by atoms with van der Waals surface area (Å²) in [5, 5.41) is 4.20. The van der Waals surface area contributed by atoms with E-state index in [2.05, 4.69) is 37.4 Å². The van der Waals surface area contributed by atoms with E-state index in [9.17, 15) is 0 Å². The molecule has 82 valence electrons. The van der Waals surface area contributed by atoms with Crippen LogP contribution in [0.5, 0.6) is 0 Å². The highest BCUT2D eigenvalue weighted by Gasteiger charge is 2.12. The van der Waals surface area contributed by atoms with Gasteiger partial charge in [-0.2, -0.15) is 11.8 Å². The predicted molar refractivity (Wildman–Crippen MR) is 69.7 cm³/mol. The molecule has 0 unspecified atom stereocenters. The summed E-state index contributed by atoms with van der Waals surface area (Å²) >= 11 is 2.03. The van der Waals surface area contributed by atoms with Crippen molar-refractivity contribution in [2.24, 2.45) is 0 Å². The molecule has 0 saturated carbocycles. The predicted octanol–water partition coefficient (Wildman–Crippen LogP) is 3.69. The maximum atomic E-state index is 3.48. The number of anilines is 1. The molecule has 1 aromatic carbocycles. The number of thioether (sulfide) groups is 1. The lowest BCUT2D eigenvalue weighted by molar-refractivity contribution is 0.823. The molecule has 0 radical (unpaired) electrons. The monoisotopic (exact) mass is 221 g/mol. The molecule has 0 amide bonds. The summed E-state index contributed by atoms with van der Waals surface area (Å²) in [5.74, 6) is 1.16. The fourth-order valence-electron chi connectivity index (χ4n) is 1.98. The van der Waals surface area contributed by atoms with E-state index in [0.717, 1.165) is 17.5 Å². The van der Waals surface area contributed by atoms with Crippen LogP contribution in [-0.4, -0.2) is 11.8 Å². The average molecular weight is 221 g/mol. The van der Waals surface area contributed by atoms with Gasteiger partial charge in [-0.1, -0.05) is 26.0 Å². The minimum Gasteiger partial charge on any atom is -0.385 e. The van der Waals surface area contributed by atoms with Crippen LogP contribution in [0.25, 0.3) is 0 Å². The molecular formula is C13H19NS. The third-order valence-electron chi connectivity index (χ3n) is 2.76. The Labute approximate surface area is 96.7 Å². The van der Waals surface area contributed by atoms with Gasteiger partial charge in [-0.15, -0.1) is 0 Å². The topological polar surface area (TPSA) is 12.0 Å². The maximum absolute atomic E-state index is 3.48. The number of rotatable bonds is 3. The smallest absolute Gasteiger partial charge is 0.0375 e. The molecule has 0 atom stereocenters. The Hall–Kier alpha value is -0.630. The lowest BCUT2D eigenvalue weighted by atomic mass is 9.99. The summed E-state index contributed by atoms with van der Waals surface area (Å²) in [4.78, 5) is 0. The fourth-order valence-corrected chi connectivity index (χ4v) is 2.76. The zero-order chi connectivity index (χ0) is 10.7. The summed E-state index contributed by atoms with van der Waals surface area (Å²) in [6, 6.07) is 6.66. The quantitative estimate of drug-likeness (QED) is 0.835. The van der Waals surface area contributed by atoms with Crippen LogP contribution < -0.4 is 5.32 Å². The molecule has 1 aliphatic heterocycles. The first-order valence-corrected chi connectivity index (χ1v) is 6.78. The highest BCUT2D eigenvalue weighted by molar-refractivity contribution is 7.99. The van der Waals surface area contributed by atoms with Gasteiger partial charge in [-0.3, -0.25) is 0 Å². The van der Waals surface area contributed by atoms with E-state index in [4.69, 9.17) is 0 Å². The van der Waals surface area contributed by atoms with Crippen LogP contribution in [0.3, 0.4) is 0 Å². The molecule has 2 rings (SSSR count). The van der Waals surface area contributed by atoms with Gasteiger partial charge in [0.15, 0.2) is 0 Å². The number of fused-ring (bicyclic) bond motifs is 1. The summed E-state index contributed by atoms with van der Waals surface area (Å²) in [6.07, 6.45) is 2.52. The number of benzene rings is 1. The molecular weight excluding hydrogens is 202 g/mol. The molecule has 0 bridgehead atoms. The van der Waals surface area contributed by atoms with Gasteiger partial charge in [0.05, 0.1) is 0 Å². The van der Waals surface area contributed by atoms with Gasteiger partial charge >= 0.3 is 0 Å². The summed E-state index contributed by atoms with van der Waals surface area (Å²) in [6.45, 7) is 5.66. The molecule has 0 fully saturated rings. The van der Waals surface area contributed by atoms with Crippen molar-refractivity contribution in [1.82, 2.24) is 0 Å². The Kier molecular flexibility index (Phi) is 3.57. The number of hydrogen-bond acceptors (Lipinski definition) is 2. The Morgan fingerprint density at radius 2 is 2.27 bits per heavy atom. The zero-order valence-corrected chi connectivity index (χ0v) is 10.4. The molecule has 1 aromatic rings. The van der Waals surface area contributed by atoms with Gasteiger partial charge in [0.2, 0.25) is 0 Å². The molecule has 0 aromatic heterocycles. The lowest BCUT2D eigenvalue weighted by Gasteiger charge is -2.21. The Morgan fingerprint density at radius 1 is 1.40 bits per heavy atom. The van der Waals surface area contributed by atoms with Gasteiger partial charge in [0.25, 0.3) is 0 Å². The molecule has 1 N–H and O–H groups in total. The van der Waals surface area contributed by atoms with Crippen molar-refractivity contribution in [2.45, 2.75) is 37.7 Å². The molecule has 1 heterocycles. The normalized spacial score (nSPS) is 14.9. The third kappa shape index (κ3) is 2.69. The van der Waals surface area contributed by atoms with Crippen molar-refractivity contribution in [1.29, 1.82) is 0 Å². The fraction of sp³-hybridized carbons (Fsp3) is 0.538. The van der Waals surface area contributed by atoms with E-state index in [1.54, 1.807) is 5.56 Å². The van der Waals surface area contributed by atoms with Crippen LogP contribution >= 0.6 is 11.8 Å². The van der Waals surface area contributed by atoms with E-state index in [1.807, 2.05) is 11.8 Å². The van der Waals surface area contributed by atoms with Crippen LogP contribution in [0, 0.1) is 0 Å². The minimum atomic E-state index is 0.720. The number of hydrogen-bond donors (Lipinski definition) is 1. The van der Waals surface area contributed by atoms with E-state index >= 15 is 0 Å². The first-order chi connectivity index (χ1) is 7.27. The highest BCUT2D eigenvalue weighted by atomic mass is 32.2. The van der Waals surface area contributed by atoms with Crippen molar-refractivity contribution in [3.05, 3.63) is 29.3 Å². The van der Waals surface area contributed by atoms with Gasteiger partial charge < -0.3 is 5.32 Å². The van der Waals surface area contributed by atoms with Crippen molar-refractivity contribution in [2.75, 3.05) is 11.9 Å². The van der Waals surface area contributed by atoms with Crippen LogP contribution in [0.15, 0.2) is 18.2 Å². The van der Waals surface area contributed by atoms with Crippen LogP contribution in [0.1, 0.15) is 31.4 Å². The van der Waals surface area contributed by atoms with E-state index < -0.39 is 0 Å². The summed E-state index contributed by atoms with van der Waals surface area (Å²) in [5.41, 5.74) is 4.44. The first-order valence-electron chi connectivity index (χ1n) is 5.73. The lowest BCUT2D eigenvalue weighted by Crippen LogP contribution is -2.13. The second kappa shape index (κ2) is 4.93. The largest absolute Gasteiger partial charge is 0.385 e. The second-order valence-electron chi connectivity index (χ2n) is 4.33. The van der Waals surface area contributed by atoms with Gasteiger partial charge in [0, 0.05) is 18.0 Å². The average Bonchev–Trinajstić information content (AvgIpc) is 2.26. The molecule has 0 aliphatic carbocycles. The Morgan fingerprint density at radius 3 is 3.07 bits per heavy atom. The summed E-state index contributed by atoms with van der Waals surface area (Å²) < 4.78 is 0. The van der Waals surface area contributed by atoms with Crippen molar-refractivity contribution >= 4 is 17.4 Å². The van der Waals surface area contributed by atoms with Gasteiger partial charge in [-0.05, 0) is 35.3 Å². The van der Waals surface area contributed by atoms with Crippen LogP contribution in [0.4, 0.5) is 5.69 Å². The molecule has 0 saturated heterocycles. The molecule has 15 heavy (non-hydrogen) atoms. The van der Waals surface area contributed by atoms with E-state index in [1.165, 1.54) is 24.1 Å².